The molecule has 2 aromatic rings. The maximum atomic E-state index is 12.5. The van der Waals surface area contributed by atoms with Gasteiger partial charge in [-0.05, 0) is 43.4 Å². The van der Waals surface area contributed by atoms with Crippen LogP contribution in [-0.2, 0) is 4.79 Å². The molecule has 1 amide bonds. The SMILES string of the molecule is CN1CCN(c2ccc(NC(=O)CN3CCN(c4ccccn4)CC3)cc2)CC1. The highest BCUT2D eigenvalue weighted by Gasteiger charge is 2.20. The fourth-order valence-electron chi connectivity index (χ4n) is 3.90. The number of hydrogen-bond acceptors (Lipinski definition) is 6. The molecule has 1 aromatic carbocycles. The number of amides is 1. The predicted molar refractivity (Wildman–Crippen MR) is 118 cm³/mol. The molecule has 0 bridgehead atoms. The molecule has 29 heavy (non-hydrogen) atoms. The average Bonchev–Trinajstić information content (AvgIpc) is 2.76. The molecule has 2 saturated heterocycles. The molecule has 7 heteroatoms. The summed E-state index contributed by atoms with van der Waals surface area (Å²) < 4.78 is 0. The van der Waals surface area contributed by atoms with Crippen molar-refractivity contribution in [3.63, 3.8) is 0 Å². The van der Waals surface area contributed by atoms with Gasteiger partial charge < -0.3 is 20.0 Å². The Kier molecular flexibility index (Phi) is 6.27. The van der Waals surface area contributed by atoms with Crippen LogP contribution in [-0.4, -0.2) is 86.6 Å². The fraction of sp³-hybridized carbons (Fsp3) is 0.455. The second kappa shape index (κ2) is 9.24. The molecule has 0 saturated carbocycles. The molecule has 1 aromatic heterocycles. The van der Waals surface area contributed by atoms with E-state index in [1.165, 1.54) is 5.69 Å². The molecule has 4 rings (SSSR count). The lowest BCUT2D eigenvalue weighted by atomic mass is 10.2. The van der Waals surface area contributed by atoms with Gasteiger partial charge in [-0.25, -0.2) is 4.98 Å². The van der Waals surface area contributed by atoms with Crippen molar-refractivity contribution < 1.29 is 4.79 Å². The Labute approximate surface area is 172 Å². The van der Waals surface area contributed by atoms with E-state index in [2.05, 4.69) is 49.1 Å². The van der Waals surface area contributed by atoms with Crippen molar-refractivity contribution in [2.45, 2.75) is 0 Å². The third-order valence-electron chi connectivity index (χ3n) is 5.73. The molecule has 3 heterocycles. The number of carbonyl (C=O) groups is 1. The maximum absolute atomic E-state index is 12.5. The summed E-state index contributed by atoms with van der Waals surface area (Å²) in [4.78, 5) is 26.1. The number of likely N-dealkylation sites (N-methyl/N-ethyl adjacent to an activating group) is 1. The van der Waals surface area contributed by atoms with Gasteiger partial charge in [0.1, 0.15) is 5.82 Å². The molecule has 154 valence electrons. The van der Waals surface area contributed by atoms with Crippen LogP contribution < -0.4 is 15.1 Å². The Hall–Kier alpha value is -2.64. The lowest BCUT2D eigenvalue weighted by Gasteiger charge is -2.35. The maximum Gasteiger partial charge on any atom is 0.238 e. The quantitative estimate of drug-likeness (QED) is 0.831. The number of aromatic nitrogens is 1. The van der Waals surface area contributed by atoms with Gasteiger partial charge >= 0.3 is 0 Å². The van der Waals surface area contributed by atoms with E-state index in [1.807, 2.05) is 36.5 Å². The Bertz CT molecular complexity index is 781. The molecule has 0 aliphatic carbocycles. The Morgan fingerprint density at radius 1 is 0.897 bits per heavy atom. The number of carbonyl (C=O) groups excluding carboxylic acids is 1. The van der Waals surface area contributed by atoms with Gasteiger partial charge in [0, 0.05) is 69.9 Å². The minimum atomic E-state index is 0.0450. The first-order valence-corrected chi connectivity index (χ1v) is 10.4. The van der Waals surface area contributed by atoms with Crippen LogP contribution in [0.3, 0.4) is 0 Å². The van der Waals surface area contributed by atoms with E-state index in [-0.39, 0.29) is 5.91 Å². The van der Waals surface area contributed by atoms with Crippen molar-refractivity contribution in [3.05, 3.63) is 48.7 Å². The van der Waals surface area contributed by atoms with Gasteiger partial charge in [0.2, 0.25) is 5.91 Å². The summed E-state index contributed by atoms with van der Waals surface area (Å²) in [5.41, 5.74) is 2.08. The normalized spacial score (nSPS) is 18.7. The van der Waals surface area contributed by atoms with Crippen LogP contribution >= 0.6 is 0 Å². The first-order valence-electron chi connectivity index (χ1n) is 10.4. The summed E-state index contributed by atoms with van der Waals surface area (Å²) in [5.74, 6) is 1.06. The van der Waals surface area contributed by atoms with Crippen molar-refractivity contribution in [1.82, 2.24) is 14.8 Å². The van der Waals surface area contributed by atoms with Crippen LogP contribution in [0.4, 0.5) is 17.2 Å². The van der Waals surface area contributed by atoms with Crippen LogP contribution in [0.5, 0.6) is 0 Å². The third-order valence-corrected chi connectivity index (χ3v) is 5.73. The van der Waals surface area contributed by atoms with E-state index in [9.17, 15) is 4.79 Å². The van der Waals surface area contributed by atoms with E-state index >= 15 is 0 Å². The van der Waals surface area contributed by atoms with E-state index in [0.29, 0.717) is 6.54 Å². The summed E-state index contributed by atoms with van der Waals surface area (Å²) in [5, 5.41) is 3.04. The average molecular weight is 395 g/mol. The minimum absolute atomic E-state index is 0.0450. The zero-order valence-corrected chi connectivity index (χ0v) is 17.1. The van der Waals surface area contributed by atoms with Gasteiger partial charge in [-0.2, -0.15) is 0 Å². The van der Waals surface area contributed by atoms with Gasteiger partial charge in [-0.1, -0.05) is 6.07 Å². The van der Waals surface area contributed by atoms with Crippen molar-refractivity contribution in [2.24, 2.45) is 0 Å². The monoisotopic (exact) mass is 394 g/mol. The number of nitrogens with one attached hydrogen (secondary N) is 1. The number of anilines is 3. The molecule has 0 radical (unpaired) electrons. The lowest BCUT2D eigenvalue weighted by Crippen LogP contribution is -2.48. The number of piperazine rings is 2. The predicted octanol–water partition coefficient (Wildman–Crippen LogP) is 1.59. The topological polar surface area (TPSA) is 55.0 Å². The van der Waals surface area contributed by atoms with Crippen molar-refractivity contribution in [3.8, 4) is 0 Å². The second-order valence-electron chi connectivity index (χ2n) is 7.84. The fourth-order valence-corrected chi connectivity index (χ4v) is 3.90. The van der Waals surface area contributed by atoms with Crippen LogP contribution in [0.25, 0.3) is 0 Å². The highest BCUT2D eigenvalue weighted by atomic mass is 16.2. The van der Waals surface area contributed by atoms with E-state index in [0.717, 1.165) is 63.9 Å². The summed E-state index contributed by atoms with van der Waals surface area (Å²) >= 11 is 0. The van der Waals surface area contributed by atoms with Crippen LogP contribution in [0.2, 0.25) is 0 Å². The van der Waals surface area contributed by atoms with Crippen molar-refractivity contribution in [2.75, 3.05) is 81.1 Å². The number of pyridine rings is 1. The molecule has 7 nitrogen and oxygen atoms in total. The summed E-state index contributed by atoms with van der Waals surface area (Å²) in [7, 11) is 2.16. The molecular formula is C22H30N6O. The number of rotatable bonds is 5. The molecule has 2 fully saturated rings. The van der Waals surface area contributed by atoms with Gasteiger partial charge in [0.15, 0.2) is 0 Å². The van der Waals surface area contributed by atoms with Crippen LogP contribution in [0.1, 0.15) is 0 Å². The zero-order valence-electron chi connectivity index (χ0n) is 17.1. The van der Waals surface area contributed by atoms with Gasteiger partial charge in [-0.15, -0.1) is 0 Å². The van der Waals surface area contributed by atoms with Crippen molar-refractivity contribution in [1.29, 1.82) is 0 Å². The van der Waals surface area contributed by atoms with Crippen molar-refractivity contribution >= 4 is 23.1 Å². The highest BCUT2D eigenvalue weighted by molar-refractivity contribution is 5.92. The molecule has 0 unspecified atom stereocenters. The molecule has 1 N–H and O–H groups in total. The Morgan fingerprint density at radius 3 is 2.24 bits per heavy atom. The molecule has 0 spiro atoms. The second-order valence-corrected chi connectivity index (χ2v) is 7.84. The molecule has 2 aliphatic heterocycles. The number of hydrogen-bond donors (Lipinski definition) is 1. The first kappa shape index (κ1) is 19.7. The van der Waals surface area contributed by atoms with Gasteiger partial charge in [0.05, 0.1) is 6.54 Å². The summed E-state index contributed by atoms with van der Waals surface area (Å²) in [6.45, 7) is 8.22. The van der Waals surface area contributed by atoms with Gasteiger partial charge in [0.25, 0.3) is 0 Å². The third kappa shape index (κ3) is 5.25. The van der Waals surface area contributed by atoms with E-state index in [4.69, 9.17) is 0 Å². The van der Waals surface area contributed by atoms with Crippen LogP contribution in [0.15, 0.2) is 48.7 Å². The number of nitrogens with zero attached hydrogens (tertiary/aromatic N) is 5. The summed E-state index contributed by atoms with van der Waals surface area (Å²) in [6.07, 6.45) is 1.82. The smallest absolute Gasteiger partial charge is 0.238 e. The molecule has 2 aliphatic rings. The summed E-state index contributed by atoms with van der Waals surface area (Å²) in [6, 6.07) is 14.2. The molecule has 0 atom stereocenters. The highest BCUT2D eigenvalue weighted by Crippen LogP contribution is 2.19. The minimum Gasteiger partial charge on any atom is -0.369 e. The van der Waals surface area contributed by atoms with Crippen LogP contribution in [0, 0.1) is 0 Å². The first-order chi connectivity index (χ1) is 14.2. The van der Waals surface area contributed by atoms with E-state index < -0.39 is 0 Å². The zero-order chi connectivity index (χ0) is 20.1. The lowest BCUT2D eigenvalue weighted by molar-refractivity contribution is -0.117. The number of benzene rings is 1. The Morgan fingerprint density at radius 2 is 1.59 bits per heavy atom. The van der Waals surface area contributed by atoms with Gasteiger partial charge in [-0.3, -0.25) is 9.69 Å². The van der Waals surface area contributed by atoms with E-state index in [1.54, 1.807) is 0 Å². The Balaban J connectivity index is 1.23. The standard InChI is InChI=1S/C22H30N6O/c1-25-10-14-27(15-11-25)20-7-5-19(6-8-20)24-22(29)18-26-12-16-28(17-13-26)21-4-2-3-9-23-21/h2-9H,10-18H2,1H3,(H,24,29). The molecular weight excluding hydrogens is 364 g/mol. The largest absolute Gasteiger partial charge is 0.369 e.